The van der Waals surface area contributed by atoms with Gasteiger partial charge in [0.25, 0.3) is 5.91 Å². The topological polar surface area (TPSA) is 67.8 Å². The van der Waals surface area contributed by atoms with Crippen LogP contribution in [0.1, 0.15) is 16.1 Å². The minimum Gasteiger partial charge on any atom is -0.305 e. The quantitative estimate of drug-likeness (QED) is 0.921. The molecule has 0 fully saturated rings. The van der Waals surface area contributed by atoms with Gasteiger partial charge in [-0.25, -0.2) is 15.0 Å². The molecule has 2 aromatic heterocycles. The fourth-order valence-corrected chi connectivity index (χ4v) is 1.53. The van der Waals surface area contributed by atoms with Crippen molar-refractivity contribution in [1.29, 1.82) is 0 Å². The Balaban J connectivity index is 2.16. The first-order chi connectivity index (χ1) is 8.56. The molecule has 2 heterocycles. The minimum atomic E-state index is -0.381. The zero-order valence-electron chi connectivity index (χ0n) is 9.32. The SMILES string of the molecule is Cc1cc(NC(=O)c2cnc(Cl)cn2)ncc1Br. The molecule has 0 radical (unpaired) electrons. The summed E-state index contributed by atoms with van der Waals surface area (Å²) in [5.74, 6) is 0.0749. The highest BCUT2D eigenvalue weighted by Gasteiger charge is 2.09. The summed E-state index contributed by atoms with van der Waals surface area (Å²) in [6, 6.07) is 1.76. The second-order valence-corrected chi connectivity index (χ2v) is 4.74. The van der Waals surface area contributed by atoms with Crippen LogP contribution >= 0.6 is 27.5 Å². The number of nitrogens with one attached hydrogen (secondary N) is 1. The van der Waals surface area contributed by atoms with E-state index >= 15 is 0 Å². The second-order valence-electron chi connectivity index (χ2n) is 3.50. The summed E-state index contributed by atoms with van der Waals surface area (Å²) < 4.78 is 0.881. The summed E-state index contributed by atoms with van der Waals surface area (Å²) in [6.07, 6.45) is 4.25. The lowest BCUT2D eigenvalue weighted by molar-refractivity contribution is 0.102. The molecule has 0 aliphatic heterocycles. The summed E-state index contributed by atoms with van der Waals surface area (Å²) in [5, 5.41) is 2.87. The Morgan fingerprint density at radius 3 is 2.67 bits per heavy atom. The third kappa shape index (κ3) is 3.02. The van der Waals surface area contributed by atoms with Gasteiger partial charge in [0.2, 0.25) is 0 Å². The molecular weight excluding hydrogens is 320 g/mol. The molecule has 2 rings (SSSR count). The van der Waals surface area contributed by atoms with E-state index in [-0.39, 0.29) is 16.8 Å². The van der Waals surface area contributed by atoms with E-state index in [0.717, 1.165) is 10.0 Å². The number of hydrogen-bond donors (Lipinski definition) is 1. The van der Waals surface area contributed by atoms with Gasteiger partial charge in [0.1, 0.15) is 16.7 Å². The van der Waals surface area contributed by atoms with E-state index < -0.39 is 0 Å². The van der Waals surface area contributed by atoms with Crippen molar-refractivity contribution in [2.75, 3.05) is 5.32 Å². The Kier molecular flexibility index (Phi) is 3.88. The zero-order chi connectivity index (χ0) is 13.1. The summed E-state index contributed by atoms with van der Waals surface area (Å²) in [6.45, 7) is 1.91. The van der Waals surface area contributed by atoms with Crippen molar-refractivity contribution >= 4 is 39.3 Å². The fourth-order valence-electron chi connectivity index (χ4n) is 1.22. The number of nitrogens with zero attached hydrogens (tertiary/aromatic N) is 3. The lowest BCUT2D eigenvalue weighted by Gasteiger charge is -2.05. The molecule has 18 heavy (non-hydrogen) atoms. The normalized spacial score (nSPS) is 10.2. The highest BCUT2D eigenvalue weighted by Crippen LogP contribution is 2.17. The lowest BCUT2D eigenvalue weighted by atomic mass is 10.3. The molecule has 2 aromatic rings. The standard InChI is InChI=1S/C11H8BrClN4O/c1-6-2-10(16-3-7(6)12)17-11(18)8-4-15-9(13)5-14-8/h2-5H,1H3,(H,16,17,18). The molecule has 1 amide bonds. The van der Waals surface area contributed by atoms with Gasteiger partial charge >= 0.3 is 0 Å². The lowest BCUT2D eigenvalue weighted by Crippen LogP contribution is -2.14. The van der Waals surface area contributed by atoms with Crippen LogP contribution in [0.5, 0.6) is 0 Å². The molecule has 7 heteroatoms. The highest BCUT2D eigenvalue weighted by molar-refractivity contribution is 9.10. The average molecular weight is 328 g/mol. The molecule has 0 saturated heterocycles. The zero-order valence-corrected chi connectivity index (χ0v) is 11.7. The Hall–Kier alpha value is -1.53. The molecule has 0 spiro atoms. The van der Waals surface area contributed by atoms with Crippen LogP contribution in [0.15, 0.2) is 29.1 Å². The van der Waals surface area contributed by atoms with Gasteiger partial charge in [-0.3, -0.25) is 4.79 Å². The summed E-state index contributed by atoms with van der Waals surface area (Å²) in [5.41, 5.74) is 1.16. The van der Waals surface area contributed by atoms with E-state index in [4.69, 9.17) is 11.6 Å². The Morgan fingerprint density at radius 2 is 2.06 bits per heavy atom. The van der Waals surface area contributed by atoms with E-state index in [1.165, 1.54) is 12.4 Å². The van der Waals surface area contributed by atoms with E-state index in [2.05, 4.69) is 36.2 Å². The largest absolute Gasteiger partial charge is 0.305 e. The first-order valence-corrected chi connectivity index (χ1v) is 6.14. The first kappa shape index (κ1) is 12.9. The van der Waals surface area contributed by atoms with Crippen LogP contribution in [0.4, 0.5) is 5.82 Å². The molecule has 0 atom stereocenters. The number of rotatable bonds is 2. The van der Waals surface area contributed by atoms with Gasteiger partial charge in [0, 0.05) is 10.7 Å². The Bertz CT molecular complexity index is 588. The first-order valence-electron chi connectivity index (χ1n) is 4.97. The average Bonchev–Trinajstić information content (AvgIpc) is 2.34. The molecule has 92 valence electrons. The molecule has 0 aliphatic carbocycles. The number of hydrogen-bond acceptors (Lipinski definition) is 4. The summed E-state index contributed by atoms with van der Waals surface area (Å²) >= 11 is 8.93. The number of aryl methyl sites for hydroxylation is 1. The van der Waals surface area contributed by atoms with Crippen LogP contribution in [-0.4, -0.2) is 20.9 Å². The number of anilines is 1. The van der Waals surface area contributed by atoms with Crippen molar-refractivity contribution in [1.82, 2.24) is 15.0 Å². The van der Waals surface area contributed by atoms with Gasteiger partial charge in [-0.2, -0.15) is 0 Å². The highest BCUT2D eigenvalue weighted by atomic mass is 79.9. The van der Waals surface area contributed by atoms with Crippen LogP contribution in [-0.2, 0) is 0 Å². The van der Waals surface area contributed by atoms with Gasteiger partial charge in [-0.1, -0.05) is 11.6 Å². The number of carbonyl (C=O) groups is 1. The van der Waals surface area contributed by atoms with E-state index in [1.807, 2.05) is 6.92 Å². The van der Waals surface area contributed by atoms with Crippen molar-refractivity contribution < 1.29 is 4.79 Å². The van der Waals surface area contributed by atoms with Crippen molar-refractivity contribution in [2.45, 2.75) is 6.92 Å². The molecule has 0 aromatic carbocycles. The summed E-state index contributed by atoms with van der Waals surface area (Å²) in [4.78, 5) is 23.5. The molecular formula is C11H8BrClN4O. The minimum absolute atomic E-state index is 0.182. The maximum Gasteiger partial charge on any atom is 0.277 e. The van der Waals surface area contributed by atoms with Gasteiger partial charge in [0.05, 0.1) is 12.4 Å². The number of amides is 1. The number of halogens is 2. The molecule has 1 N–H and O–H groups in total. The monoisotopic (exact) mass is 326 g/mol. The third-order valence-corrected chi connectivity index (χ3v) is 3.17. The van der Waals surface area contributed by atoms with Crippen molar-refractivity contribution in [2.24, 2.45) is 0 Å². The molecule has 0 unspecified atom stereocenters. The van der Waals surface area contributed by atoms with E-state index in [0.29, 0.717) is 5.82 Å². The van der Waals surface area contributed by atoms with Gasteiger partial charge in [0.15, 0.2) is 0 Å². The fraction of sp³-hybridized carbons (Fsp3) is 0.0909. The van der Waals surface area contributed by atoms with Gasteiger partial charge in [-0.05, 0) is 34.5 Å². The second kappa shape index (κ2) is 5.41. The van der Waals surface area contributed by atoms with Gasteiger partial charge in [-0.15, -0.1) is 0 Å². The van der Waals surface area contributed by atoms with E-state index in [9.17, 15) is 4.79 Å². The van der Waals surface area contributed by atoms with Gasteiger partial charge < -0.3 is 5.32 Å². The third-order valence-electron chi connectivity index (χ3n) is 2.14. The maximum absolute atomic E-state index is 11.8. The summed E-state index contributed by atoms with van der Waals surface area (Å²) in [7, 11) is 0. The predicted octanol–water partition coefficient (Wildman–Crippen LogP) is 2.85. The Morgan fingerprint density at radius 1 is 1.28 bits per heavy atom. The number of carbonyl (C=O) groups excluding carboxylic acids is 1. The van der Waals surface area contributed by atoms with Crippen LogP contribution in [0.2, 0.25) is 5.15 Å². The molecule has 0 bridgehead atoms. The van der Waals surface area contributed by atoms with Crippen molar-refractivity contribution in [3.05, 3.63) is 45.5 Å². The van der Waals surface area contributed by atoms with Crippen LogP contribution in [0, 0.1) is 6.92 Å². The number of pyridine rings is 1. The maximum atomic E-state index is 11.8. The molecule has 0 aliphatic rings. The predicted molar refractivity (Wildman–Crippen MR) is 71.7 cm³/mol. The van der Waals surface area contributed by atoms with Crippen molar-refractivity contribution in [3.63, 3.8) is 0 Å². The molecule has 5 nitrogen and oxygen atoms in total. The molecule has 0 saturated carbocycles. The van der Waals surface area contributed by atoms with Crippen LogP contribution in [0.25, 0.3) is 0 Å². The Labute approximate surface area is 117 Å². The number of aromatic nitrogens is 3. The van der Waals surface area contributed by atoms with E-state index in [1.54, 1.807) is 12.3 Å². The van der Waals surface area contributed by atoms with Crippen LogP contribution < -0.4 is 5.32 Å². The van der Waals surface area contributed by atoms with Crippen molar-refractivity contribution in [3.8, 4) is 0 Å². The smallest absolute Gasteiger partial charge is 0.277 e. The van der Waals surface area contributed by atoms with Crippen LogP contribution in [0.3, 0.4) is 0 Å².